The van der Waals surface area contributed by atoms with E-state index in [4.69, 9.17) is 0 Å². The van der Waals surface area contributed by atoms with E-state index >= 15 is 0 Å². The van der Waals surface area contributed by atoms with E-state index in [1.807, 2.05) is 6.92 Å². The second-order valence-corrected chi connectivity index (χ2v) is 3.97. The molecule has 0 aromatic heterocycles. The van der Waals surface area contributed by atoms with Gasteiger partial charge in [-0.25, -0.2) is 0 Å². The predicted molar refractivity (Wildman–Crippen MR) is 68.0 cm³/mol. The van der Waals surface area contributed by atoms with E-state index in [0.29, 0.717) is 13.0 Å². The lowest BCUT2D eigenvalue weighted by molar-refractivity contribution is -0.141. The van der Waals surface area contributed by atoms with Gasteiger partial charge in [0.2, 0.25) is 0 Å². The molecule has 0 aliphatic carbocycles. The molecule has 1 aromatic rings. The first-order chi connectivity index (χ1) is 9.01. The molecule has 2 N–H and O–H groups in total. The number of benzene rings is 1. The second-order valence-electron chi connectivity index (χ2n) is 3.97. The van der Waals surface area contributed by atoms with Crippen LogP contribution in [0.3, 0.4) is 0 Å². The first-order valence-electron chi connectivity index (χ1n) is 5.88. The maximum atomic E-state index is 12.2. The molecule has 0 atom stereocenters. The number of hydrogen-bond acceptors (Lipinski definition) is 5. The fourth-order valence-electron chi connectivity index (χ4n) is 1.65. The van der Waals surface area contributed by atoms with Gasteiger partial charge in [0.25, 0.3) is 5.91 Å². The van der Waals surface area contributed by atoms with Gasteiger partial charge in [0.05, 0.1) is 7.11 Å². The molecule has 104 valence electrons. The minimum Gasteiger partial charge on any atom is -0.507 e. The lowest BCUT2D eigenvalue weighted by Gasteiger charge is -2.21. The fraction of sp³-hybridized carbons (Fsp3) is 0.385. The smallest absolute Gasteiger partial charge is 0.325 e. The molecule has 0 unspecified atom stereocenters. The lowest BCUT2D eigenvalue weighted by atomic mass is 10.1. The van der Waals surface area contributed by atoms with Gasteiger partial charge in [-0.3, -0.25) is 9.59 Å². The first-order valence-corrected chi connectivity index (χ1v) is 5.88. The molecule has 19 heavy (non-hydrogen) atoms. The van der Waals surface area contributed by atoms with E-state index in [-0.39, 0.29) is 23.6 Å². The normalized spacial score (nSPS) is 10.0. The van der Waals surface area contributed by atoms with Crippen molar-refractivity contribution in [3.05, 3.63) is 23.8 Å². The van der Waals surface area contributed by atoms with Gasteiger partial charge in [-0.15, -0.1) is 0 Å². The Morgan fingerprint density at radius 1 is 1.26 bits per heavy atom. The van der Waals surface area contributed by atoms with Crippen molar-refractivity contribution in [2.45, 2.75) is 13.3 Å². The van der Waals surface area contributed by atoms with Crippen molar-refractivity contribution >= 4 is 11.9 Å². The van der Waals surface area contributed by atoms with Crippen molar-refractivity contribution in [3.63, 3.8) is 0 Å². The molecule has 0 heterocycles. The number of hydrogen-bond donors (Lipinski definition) is 2. The predicted octanol–water partition coefficient (Wildman–Crippen LogP) is 1.12. The summed E-state index contributed by atoms with van der Waals surface area (Å²) in [4.78, 5) is 24.7. The third kappa shape index (κ3) is 3.61. The van der Waals surface area contributed by atoms with Crippen LogP contribution in [0.25, 0.3) is 0 Å². The van der Waals surface area contributed by atoms with Gasteiger partial charge < -0.3 is 19.8 Å². The van der Waals surface area contributed by atoms with Gasteiger partial charge in [0.1, 0.15) is 23.6 Å². The molecule has 0 bridgehead atoms. The maximum Gasteiger partial charge on any atom is 0.325 e. The average molecular weight is 267 g/mol. The molecule has 1 rings (SSSR count). The van der Waals surface area contributed by atoms with Crippen molar-refractivity contribution in [1.82, 2.24) is 4.90 Å². The highest BCUT2D eigenvalue weighted by atomic mass is 16.5. The maximum absolute atomic E-state index is 12.2. The minimum atomic E-state index is -0.608. The molecule has 0 saturated heterocycles. The van der Waals surface area contributed by atoms with Gasteiger partial charge in [-0.1, -0.05) is 13.0 Å². The number of phenols is 2. The largest absolute Gasteiger partial charge is 0.507 e. The minimum absolute atomic E-state index is 0.208. The molecule has 0 spiro atoms. The highest BCUT2D eigenvalue weighted by Crippen LogP contribution is 2.27. The molecule has 0 radical (unpaired) electrons. The Hall–Kier alpha value is -2.24. The van der Waals surface area contributed by atoms with Gasteiger partial charge in [-0.05, 0) is 18.6 Å². The summed E-state index contributed by atoms with van der Waals surface area (Å²) in [6.07, 6.45) is 0.636. The number of phenolic OH excluding ortho intramolecular Hbond substituents is 2. The zero-order valence-corrected chi connectivity index (χ0v) is 10.9. The Morgan fingerprint density at radius 2 is 1.84 bits per heavy atom. The summed E-state index contributed by atoms with van der Waals surface area (Å²) in [5, 5.41) is 19.3. The third-order valence-electron chi connectivity index (χ3n) is 2.56. The lowest BCUT2D eigenvalue weighted by Crippen LogP contribution is -2.36. The van der Waals surface area contributed by atoms with Crippen LogP contribution < -0.4 is 0 Å². The Labute approximate surface area is 111 Å². The van der Waals surface area contributed by atoms with Crippen molar-refractivity contribution in [1.29, 1.82) is 0 Å². The molecular formula is C13H17NO5. The van der Waals surface area contributed by atoms with Crippen LogP contribution in [0.4, 0.5) is 0 Å². The monoisotopic (exact) mass is 267 g/mol. The third-order valence-corrected chi connectivity index (χ3v) is 2.56. The van der Waals surface area contributed by atoms with Gasteiger partial charge in [-0.2, -0.15) is 0 Å². The van der Waals surface area contributed by atoms with Crippen LogP contribution in [0, 0.1) is 0 Å². The summed E-state index contributed by atoms with van der Waals surface area (Å²) in [6.45, 7) is 1.95. The fourth-order valence-corrected chi connectivity index (χ4v) is 1.65. The van der Waals surface area contributed by atoms with Crippen LogP contribution in [0.1, 0.15) is 23.7 Å². The molecular weight excluding hydrogens is 250 g/mol. The van der Waals surface area contributed by atoms with E-state index in [2.05, 4.69) is 4.74 Å². The van der Waals surface area contributed by atoms with E-state index in [9.17, 15) is 19.8 Å². The number of ether oxygens (including phenoxy) is 1. The number of esters is 1. The first kappa shape index (κ1) is 14.8. The molecule has 1 aromatic carbocycles. The molecule has 1 amide bonds. The number of rotatable bonds is 5. The quantitative estimate of drug-likeness (QED) is 0.781. The molecule has 6 heteroatoms. The van der Waals surface area contributed by atoms with Crippen LogP contribution in [-0.4, -0.2) is 47.2 Å². The van der Waals surface area contributed by atoms with Crippen LogP contribution in [0.15, 0.2) is 18.2 Å². The van der Waals surface area contributed by atoms with E-state index in [1.165, 1.54) is 30.2 Å². The zero-order valence-electron chi connectivity index (χ0n) is 10.9. The highest BCUT2D eigenvalue weighted by molar-refractivity contribution is 6.00. The number of amides is 1. The number of aromatic hydroxyl groups is 2. The number of methoxy groups -OCH3 is 1. The Balaban J connectivity index is 3.02. The van der Waals surface area contributed by atoms with Crippen LogP contribution in [0.5, 0.6) is 11.5 Å². The second kappa shape index (κ2) is 6.63. The topological polar surface area (TPSA) is 87.1 Å². The number of nitrogens with zero attached hydrogens (tertiary/aromatic N) is 1. The van der Waals surface area contributed by atoms with E-state index in [1.54, 1.807) is 0 Å². The summed E-state index contributed by atoms with van der Waals surface area (Å²) in [6, 6.07) is 4.02. The van der Waals surface area contributed by atoms with Gasteiger partial charge in [0, 0.05) is 6.54 Å². The molecule has 0 aliphatic rings. The van der Waals surface area contributed by atoms with Crippen molar-refractivity contribution < 1.29 is 24.5 Å². The van der Waals surface area contributed by atoms with Crippen molar-refractivity contribution in [3.8, 4) is 11.5 Å². The van der Waals surface area contributed by atoms with Crippen molar-refractivity contribution in [2.75, 3.05) is 20.2 Å². The molecule has 6 nitrogen and oxygen atoms in total. The zero-order chi connectivity index (χ0) is 14.4. The Morgan fingerprint density at radius 3 is 2.32 bits per heavy atom. The van der Waals surface area contributed by atoms with E-state index in [0.717, 1.165) is 0 Å². The molecule has 0 saturated carbocycles. The Kier molecular flexibility index (Phi) is 5.17. The average Bonchev–Trinajstić information content (AvgIpc) is 2.37. The summed E-state index contributed by atoms with van der Waals surface area (Å²) >= 11 is 0. The van der Waals surface area contributed by atoms with E-state index < -0.39 is 11.9 Å². The summed E-state index contributed by atoms with van der Waals surface area (Å²) in [5.41, 5.74) is -0.208. The molecule has 0 fully saturated rings. The SMILES string of the molecule is CCCN(CC(=O)OC)C(=O)c1c(O)cccc1O. The highest BCUT2D eigenvalue weighted by Gasteiger charge is 2.23. The standard InChI is InChI=1S/C13H17NO5/c1-3-7-14(8-11(17)19-2)13(18)12-9(15)5-4-6-10(12)16/h4-6,15-16H,3,7-8H2,1-2H3. The van der Waals surface area contributed by atoms with Crippen LogP contribution >= 0.6 is 0 Å². The summed E-state index contributed by atoms with van der Waals surface area (Å²) < 4.78 is 4.52. The van der Waals surface area contributed by atoms with Crippen LogP contribution in [0.2, 0.25) is 0 Å². The Bertz CT molecular complexity index is 452. The molecule has 0 aliphatic heterocycles. The van der Waals surface area contributed by atoms with Gasteiger partial charge in [0.15, 0.2) is 0 Å². The number of carbonyl (C=O) groups excluding carboxylic acids is 2. The summed E-state index contributed by atoms with van der Waals surface area (Å²) in [7, 11) is 1.23. The van der Waals surface area contributed by atoms with Crippen LogP contribution in [-0.2, 0) is 9.53 Å². The van der Waals surface area contributed by atoms with Crippen molar-refractivity contribution in [2.24, 2.45) is 0 Å². The van der Waals surface area contributed by atoms with Gasteiger partial charge >= 0.3 is 5.97 Å². The number of carbonyl (C=O) groups is 2. The summed E-state index contributed by atoms with van der Waals surface area (Å²) in [5.74, 6) is -1.81.